The Kier molecular flexibility index (Phi) is 4.26. The van der Waals surface area contributed by atoms with Gasteiger partial charge < -0.3 is 15.5 Å². The normalized spacial score (nSPS) is 11.9. The highest BCUT2D eigenvalue weighted by atomic mass is 16.5. The first-order valence-electron chi connectivity index (χ1n) is 3.44. The van der Waals surface area contributed by atoms with Crippen LogP contribution >= 0.6 is 0 Å². The summed E-state index contributed by atoms with van der Waals surface area (Å²) in [5.41, 5.74) is 0.550. The Morgan fingerprint density at radius 2 is 2.27 bits per heavy atom. The van der Waals surface area contributed by atoms with Crippen LogP contribution in [-0.4, -0.2) is 25.0 Å². The van der Waals surface area contributed by atoms with Gasteiger partial charge in [0.25, 0.3) is 0 Å². The summed E-state index contributed by atoms with van der Waals surface area (Å²) in [6, 6.07) is -0.0278. The van der Waals surface area contributed by atoms with E-state index in [1.54, 1.807) is 6.92 Å². The highest BCUT2D eigenvalue weighted by Crippen LogP contribution is 1.91. The third-order valence-corrected chi connectivity index (χ3v) is 1.16. The number of carbonyl (C=O) groups excluding carboxylic acids is 1. The van der Waals surface area contributed by atoms with Crippen molar-refractivity contribution in [3.63, 3.8) is 0 Å². The molecule has 0 bridgehead atoms. The van der Waals surface area contributed by atoms with Gasteiger partial charge in [-0.1, -0.05) is 0 Å². The number of nitrogens with one attached hydrogen (secondary N) is 2. The van der Waals surface area contributed by atoms with Crippen LogP contribution in [0.4, 0.5) is 4.79 Å². The standard InChI is InChI=1S/C7H14N2O2/c1-5(8)4-6(2)9-7(10)11-3/h6,8H,4H2,1-3H3,(H,9,10). The lowest BCUT2D eigenvalue weighted by atomic mass is 10.2. The maximum atomic E-state index is 10.6. The molecule has 0 heterocycles. The molecule has 0 radical (unpaired) electrons. The molecule has 0 fully saturated rings. The number of carbonyl (C=O) groups is 1. The van der Waals surface area contributed by atoms with Gasteiger partial charge in [-0.25, -0.2) is 4.79 Å². The number of hydrogen-bond donors (Lipinski definition) is 2. The first-order valence-corrected chi connectivity index (χ1v) is 3.44. The number of alkyl carbamates (subject to hydrolysis) is 1. The van der Waals surface area contributed by atoms with Gasteiger partial charge in [0, 0.05) is 18.2 Å². The van der Waals surface area contributed by atoms with Crippen LogP contribution < -0.4 is 5.32 Å². The largest absolute Gasteiger partial charge is 0.453 e. The number of amides is 1. The predicted molar refractivity (Wildman–Crippen MR) is 43.0 cm³/mol. The summed E-state index contributed by atoms with van der Waals surface area (Å²) < 4.78 is 4.38. The van der Waals surface area contributed by atoms with Crippen molar-refractivity contribution in [1.29, 1.82) is 5.41 Å². The third kappa shape index (κ3) is 5.39. The quantitative estimate of drug-likeness (QED) is 0.605. The van der Waals surface area contributed by atoms with Crippen LogP contribution in [0.1, 0.15) is 20.3 Å². The topological polar surface area (TPSA) is 62.2 Å². The Hall–Kier alpha value is -1.06. The minimum absolute atomic E-state index is 0.0278. The summed E-state index contributed by atoms with van der Waals surface area (Å²) in [4.78, 5) is 10.6. The average molecular weight is 158 g/mol. The Balaban J connectivity index is 3.60. The number of methoxy groups -OCH3 is 1. The number of rotatable bonds is 3. The van der Waals surface area contributed by atoms with Crippen molar-refractivity contribution in [3.8, 4) is 0 Å². The van der Waals surface area contributed by atoms with E-state index in [1.807, 2.05) is 6.92 Å². The smallest absolute Gasteiger partial charge is 0.407 e. The van der Waals surface area contributed by atoms with Gasteiger partial charge in [-0.2, -0.15) is 0 Å². The van der Waals surface area contributed by atoms with Crippen LogP contribution in [0.3, 0.4) is 0 Å². The van der Waals surface area contributed by atoms with Crippen LogP contribution in [0.2, 0.25) is 0 Å². The van der Waals surface area contributed by atoms with Crippen LogP contribution in [-0.2, 0) is 4.74 Å². The van der Waals surface area contributed by atoms with Crippen molar-refractivity contribution in [2.24, 2.45) is 0 Å². The van der Waals surface area contributed by atoms with E-state index in [-0.39, 0.29) is 6.04 Å². The van der Waals surface area contributed by atoms with E-state index < -0.39 is 6.09 Å². The Morgan fingerprint density at radius 1 is 1.73 bits per heavy atom. The third-order valence-electron chi connectivity index (χ3n) is 1.16. The van der Waals surface area contributed by atoms with Gasteiger partial charge in [0.15, 0.2) is 0 Å². The molecule has 2 N–H and O–H groups in total. The molecule has 1 unspecified atom stereocenters. The molecule has 64 valence electrons. The van der Waals surface area contributed by atoms with E-state index in [4.69, 9.17) is 5.41 Å². The lowest BCUT2D eigenvalue weighted by Gasteiger charge is -2.10. The summed E-state index contributed by atoms with van der Waals surface area (Å²) in [6.45, 7) is 3.53. The highest BCUT2D eigenvalue weighted by molar-refractivity contribution is 5.79. The van der Waals surface area contributed by atoms with Gasteiger partial charge in [0.1, 0.15) is 0 Å². The van der Waals surface area contributed by atoms with Crippen LogP contribution in [0.25, 0.3) is 0 Å². The van der Waals surface area contributed by atoms with Crippen molar-refractivity contribution in [2.45, 2.75) is 26.3 Å². The number of ether oxygens (including phenoxy) is 1. The Labute approximate surface area is 66.4 Å². The SMILES string of the molecule is COC(=O)NC(C)CC(C)=N. The van der Waals surface area contributed by atoms with Crippen molar-refractivity contribution < 1.29 is 9.53 Å². The molecule has 4 nitrogen and oxygen atoms in total. The molecule has 1 amide bonds. The molecular formula is C7H14N2O2. The van der Waals surface area contributed by atoms with Gasteiger partial charge in [0.2, 0.25) is 0 Å². The molecule has 0 spiro atoms. The Morgan fingerprint density at radius 3 is 2.64 bits per heavy atom. The maximum Gasteiger partial charge on any atom is 0.407 e. The fraction of sp³-hybridized carbons (Fsp3) is 0.714. The highest BCUT2D eigenvalue weighted by Gasteiger charge is 2.06. The lowest BCUT2D eigenvalue weighted by Crippen LogP contribution is -2.33. The van der Waals surface area contributed by atoms with Crippen molar-refractivity contribution in [3.05, 3.63) is 0 Å². The molecule has 0 aromatic carbocycles. The fourth-order valence-corrected chi connectivity index (χ4v) is 0.770. The van der Waals surface area contributed by atoms with E-state index in [1.165, 1.54) is 7.11 Å². The molecule has 0 aromatic rings. The van der Waals surface area contributed by atoms with E-state index in [0.717, 1.165) is 0 Å². The van der Waals surface area contributed by atoms with Crippen LogP contribution in [0.5, 0.6) is 0 Å². The molecule has 0 aliphatic heterocycles. The van der Waals surface area contributed by atoms with Gasteiger partial charge in [-0.3, -0.25) is 0 Å². The second-order valence-electron chi connectivity index (χ2n) is 2.52. The summed E-state index contributed by atoms with van der Waals surface area (Å²) in [5.74, 6) is 0. The summed E-state index contributed by atoms with van der Waals surface area (Å²) in [5, 5.41) is 9.69. The zero-order valence-corrected chi connectivity index (χ0v) is 7.10. The molecule has 0 saturated heterocycles. The molecule has 11 heavy (non-hydrogen) atoms. The second-order valence-corrected chi connectivity index (χ2v) is 2.52. The summed E-state index contributed by atoms with van der Waals surface area (Å²) in [7, 11) is 1.32. The molecule has 0 saturated carbocycles. The van der Waals surface area contributed by atoms with E-state index in [2.05, 4.69) is 10.1 Å². The van der Waals surface area contributed by atoms with E-state index in [9.17, 15) is 4.79 Å². The Bertz CT molecular complexity index is 157. The lowest BCUT2D eigenvalue weighted by molar-refractivity contribution is 0.168. The number of hydrogen-bond acceptors (Lipinski definition) is 3. The van der Waals surface area contributed by atoms with Crippen LogP contribution in [0.15, 0.2) is 0 Å². The van der Waals surface area contributed by atoms with Gasteiger partial charge in [0.05, 0.1) is 7.11 Å². The minimum atomic E-state index is -0.446. The molecule has 0 aromatic heterocycles. The van der Waals surface area contributed by atoms with Crippen molar-refractivity contribution in [1.82, 2.24) is 5.32 Å². The molecule has 0 aliphatic rings. The fourth-order valence-electron chi connectivity index (χ4n) is 0.770. The minimum Gasteiger partial charge on any atom is -0.453 e. The van der Waals surface area contributed by atoms with E-state index in [0.29, 0.717) is 12.1 Å². The molecule has 0 rings (SSSR count). The predicted octanol–water partition coefficient (Wildman–Crippen LogP) is 1.16. The first-order chi connectivity index (χ1) is 5.06. The molecule has 4 heteroatoms. The van der Waals surface area contributed by atoms with Crippen molar-refractivity contribution >= 4 is 11.8 Å². The van der Waals surface area contributed by atoms with Crippen molar-refractivity contribution in [2.75, 3.05) is 7.11 Å². The molecule has 0 aliphatic carbocycles. The van der Waals surface area contributed by atoms with E-state index >= 15 is 0 Å². The zero-order valence-electron chi connectivity index (χ0n) is 7.10. The van der Waals surface area contributed by atoms with Gasteiger partial charge >= 0.3 is 6.09 Å². The first kappa shape index (κ1) is 9.94. The zero-order chi connectivity index (χ0) is 8.85. The van der Waals surface area contributed by atoms with Gasteiger partial charge in [-0.05, 0) is 13.8 Å². The average Bonchev–Trinajstić information content (AvgIpc) is 1.85. The van der Waals surface area contributed by atoms with Gasteiger partial charge in [-0.15, -0.1) is 0 Å². The summed E-state index contributed by atoms with van der Waals surface area (Å²) in [6.07, 6.45) is 0.119. The maximum absolute atomic E-state index is 10.6. The monoisotopic (exact) mass is 158 g/mol. The molecule has 1 atom stereocenters. The second kappa shape index (κ2) is 4.71. The van der Waals surface area contributed by atoms with Crippen LogP contribution in [0, 0.1) is 5.41 Å². The summed E-state index contributed by atoms with van der Waals surface area (Å²) >= 11 is 0. The molecular weight excluding hydrogens is 144 g/mol.